The molecule has 0 fully saturated rings. The van der Waals surface area contributed by atoms with E-state index < -0.39 is 11.6 Å². The highest BCUT2D eigenvalue weighted by atomic mass is 79.9. The Bertz CT molecular complexity index is 1390. The maximum absolute atomic E-state index is 13.4. The molecular weight excluding hydrogens is 448 g/mol. The fourth-order valence-electron chi connectivity index (χ4n) is 3.38. The Hall–Kier alpha value is -3.09. The highest BCUT2D eigenvalue weighted by molar-refractivity contribution is 9.10. The minimum absolute atomic E-state index is 0.300. The summed E-state index contributed by atoms with van der Waals surface area (Å²) in [5.41, 5.74) is 2.85. The van der Waals surface area contributed by atoms with Gasteiger partial charge in [-0.1, -0.05) is 87.9 Å². The zero-order valence-electron chi connectivity index (χ0n) is 15.0. The van der Waals surface area contributed by atoms with Crippen molar-refractivity contribution in [1.29, 1.82) is 0 Å². The van der Waals surface area contributed by atoms with Crippen LogP contribution in [0.4, 0.5) is 0 Å². The molecule has 5 aromatic rings. The standard InChI is InChI=1S/C23H13BrN2O2S/c24-16-11-12-17-18(13-16)29-23-25-19(14-7-3-1-4-8-14)20(26(17)23)22(28)21(27)15-9-5-2-6-10-15/h1-13H. The van der Waals surface area contributed by atoms with E-state index in [0.29, 0.717) is 21.9 Å². The molecular formula is C23H13BrN2O2S. The second-order valence-electron chi connectivity index (χ2n) is 6.53. The van der Waals surface area contributed by atoms with E-state index in [4.69, 9.17) is 4.98 Å². The van der Waals surface area contributed by atoms with E-state index in [1.54, 1.807) is 28.7 Å². The van der Waals surface area contributed by atoms with Crippen molar-refractivity contribution in [2.75, 3.05) is 0 Å². The molecule has 6 heteroatoms. The van der Waals surface area contributed by atoms with Gasteiger partial charge in [-0.15, -0.1) is 0 Å². The number of hydrogen-bond donors (Lipinski definition) is 0. The predicted molar refractivity (Wildman–Crippen MR) is 119 cm³/mol. The smallest absolute Gasteiger partial charge is 0.252 e. The number of ketones is 2. The monoisotopic (exact) mass is 460 g/mol. The number of Topliss-reactive ketones (excluding diaryl/α,β-unsaturated/α-hetero) is 2. The topological polar surface area (TPSA) is 51.4 Å². The summed E-state index contributed by atoms with van der Waals surface area (Å²) in [6.45, 7) is 0. The average molecular weight is 461 g/mol. The lowest BCUT2D eigenvalue weighted by Gasteiger charge is -2.05. The summed E-state index contributed by atoms with van der Waals surface area (Å²) < 4.78 is 3.74. The molecule has 2 heterocycles. The lowest BCUT2D eigenvalue weighted by Crippen LogP contribution is -2.17. The van der Waals surface area contributed by atoms with Crippen LogP contribution < -0.4 is 0 Å². The van der Waals surface area contributed by atoms with Crippen molar-refractivity contribution in [3.63, 3.8) is 0 Å². The number of imidazole rings is 1. The van der Waals surface area contributed by atoms with Crippen LogP contribution in [-0.2, 0) is 0 Å². The van der Waals surface area contributed by atoms with E-state index in [9.17, 15) is 9.59 Å². The van der Waals surface area contributed by atoms with Gasteiger partial charge in [0.25, 0.3) is 5.78 Å². The summed E-state index contributed by atoms with van der Waals surface area (Å²) in [4.78, 5) is 31.8. The van der Waals surface area contributed by atoms with E-state index in [1.807, 2.05) is 54.6 Å². The fourth-order valence-corrected chi connectivity index (χ4v) is 4.96. The molecule has 0 radical (unpaired) electrons. The van der Waals surface area contributed by atoms with Crippen LogP contribution in [0.5, 0.6) is 0 Å². The third-order valence-corrected chi connectivity index (χ3v) is 6.21. The number of hydrogen-bond acceptors (Lipinski definition) is 4. The van der Waals surface area contributed by atoms with Crippen molar-refractivity contribution in [3.8, 4) is 11.3 Å². The van der Waals surface area contributed by atoms with Gasteiger partial charge in [-0.05, 0) is 18.2 Å². The van der Waals surface area contributed by atoms with Crippen LogP contribution in [0.15, 0.2) is 83.3 Å². The van der Waals surface area contributed by atoms with Crippen molar-refractivity contribution in [1.82, 2.24) is 9.38 Å². The van der Waals surface area contributed by atoms with Crippen molar-refractivity contribution < 1.29 is 9.59 Å². The molecule has 0 spiro atoms. The number of aromatic nitrogens is 2. The van der Waals surface area contributed by atoms with Crippen molar-refractivity contribution in [3.05, 3.63) is 94.6 Å². The molecule has 0 saturated heterocycles. The maximum Gasteiger partial charge on any atom is 0.252 e. The highest BCUT2D eigenvalue weighted by Crippen LogP contribution is 2.34. The number of fused-ring (bicyclic) bond motifs is 3. The molecule has 29 heavy (non-hydrogen) atoms. The molecule has 0 bridgehead atoms. The second kappa shape index (κ2) is 7.06. The number of carbonyl (C=O) groups excluding carboxylic acids is 2. The van der Waals surface area contributed by atoms with Crippen molar-refractivity contribution in [2.45, 2.75) is 0 Å². The van der Waals surface area contributed by atoms with E-state index in [-0.39, 0.29) is 0 Å². The van der Waals surface area contributed by atoms with Gasteiger partial charge in [0.2, 0.25) is 5.78 Å². The number of nitrogens with zero attached hydrogens (tertiary/aromatic N) is 2. The van der Waals surface area contributed by atoms with E-state index in [2.05, 4.69) is 15.9 Å². The van der Waals surface area contributed by atoms with Crippen LogP contribution in [0, 0.1) is 0 Å². The predicted octanol–water partition coefficient (Wildman–Crippen LogP) is 6.04. The summed E-state index contributed by atoms with van der Waals surface area (Å²) >= 11 is 4.98. The third-order valence-electron chi connectivity index (χ3n) is 4.72. The fraction of sp³-hybridized carbons (Fsp3) is 0. The first kappa shape index (κ1) is 18.0. The molecule has 5 rings (SSSR count). The second-order valence-corrected chi connectivity index (χ2v) is 8.46. The first-order valence-corrected chi connectivity index (χ1v) is 10.5. The number of carbonyl (C=O) groups is 2. The largest absolute Gasteiger partial charge is 0.285 e. The Labute approximate surface area is 178 Å². The van der Waals surface area contributed by atoms with Gasteiger partial charge in [-0.3, -0.25) is 14.0 Å². The summed E-state index contributed by atoms with van der Waals surface area (Å²) in [5, 5.41) is 0. The van der Waals surface area contributed by atoms with Gasteiger partial charge in [0.15, 0.2) is 4.96 Å². The Morgan fingerprint density at radius 1 is 0.862 bits per heavy atom. The van der Waals surface area contributed by atoms with Crippen LogP contribution in [0.25, 0.3) is 26.4 Å². The molecule has 4 nitrogen and oxygen atoms in total. The molecule has 0 aliphatic heterocycles. The third kappa shape index (κ3) is 3.01. The summed E-state index contributed by atoms with van der Waals surface area (Å²) in [6, 6.07) is 24.0. The number of rotatable bonds is 4. The van der Waals surface area contributed by atoms with E-state index >= 15 is 0 Å². The van der Waals surface area contributed by atoms with E-state index in [0.717, 1.165) is 20.3 Å². The summed E-state index contributed by atoms with van der Waals surface area (Å²) in [6.07, 6.45) is 0. The van der Waals surface area contributed by atoms with Crippen molar-refractivity contribution >= 4 is 54.0 Å². The average Bonchev–Trinajstić information content (AvgIpc) is 3.29. The molecule has 0 aliphatic carbocycles. The Kier molecular flexibility index (Phi) is 4.38. The Balaban J connectivity index is 1.79. The molecule has 0 amide bonds. The molecule has 0 aliphatic rings. The van der Waals surface area contributed by atoms with Gasteiger partial charge in [-0.2, -0.15) is 0 Å². The molecule has 0 unspecified atom stereocenters. The Morgan fingerprint density at radius 3 is 2.28 bits per heavy atom. The van der Waals surface area contributed by atoms with Crippen LogP contribution in [0.2, 0.25) is 0 Å². The zero-order valence-corrected chi connectivity index (χ0v) is 17.4. The van der Waals surface area contributed by atoms with Gasteiger partial charge in [-0.25, -0.2) is 4.98 Å². The molecule has 2 aromatic heterocycles. The lowest BCUT2D eigenvalue weighted by atomic mass is 10.0. The van der Waals surface area contributed by atoms with Crippen LogP contribution in [-0.4, -0.2) is 21.0 Å². The van der Waals surface area contributed by atoms with Gasteiger partial charge in [0, 0.05) is 15.6 Å². The molecule has 0 atom stereocenters. The molecule has 3 aromatic carbocycles. The highest BCUT2D eigenvalue weighted by Gasteiger charge is 2.28. The normalized spacial score (nSPS) is 11.2. The molecule has 0 N–H and O–H groups in total. The Morgan fingerprint density at radius 2 is 1.55 bits per heavy atom. The maximum atomic E-state index is 13.4. The van der Waals surface area contributed by atoms with Crippen LogP contribution >= 0.6 is 27.3 Å². The van der Waals surface area contributed by atoms with Gasteiger partial charge < -0.3 is 0 Å². The van der Waals surface area contributed by atoms with Gasteiger partial charge in [0.1, 0.15) is 11.4 Å². The van der Waals surface area contributed by atoms with E-state index in [1.165, 1.54) is 11.3 Å². The zero-order chi connectivity index (χ0) is 20.0. The molecule has 0 saturated carbocycles. The van der Waals surface area contributed by atoms with Crippen molar-refractivity contribution in [2.24, 2.45) is 0 Å². The number of thiazole rings is 1. The summed E-state index contributed by atoms with van der Waals surface area (Å²) in [5.74, 6) is -1.11. The molecule has 140 valence electrons. The minimum Gasteiger partial charge on any atom is -0.285 e. The van der Waals surface area contributed by atoms with Gasteiger partial charge in [0.05, 0.1) is 10.2 Å². The van der Waals surface area contributed by atoms with Gasteiger partial charge >= 0.3 is 0 Å². The summed E-state index contributed by atoms with van der Waals surface area (Å²) in [7, 11) is 0. The first-order valence-electron chi connectivity index (χ1n) is 8.93. The minimum atomic E-state index is -0.565. The van der Waals surface area contributed by atoms with Crippen LogP contribution in [0.3, 0.4) is 0 Å². The van der Waals surface area contributed by atoms with Crippen LogP contribution in [0.1, 0.15) is 20.8 Å². The quantitative estimate of drug-likeness (QED) is 0.242. The SMILES string of the molecule is O=C(C(=O)c1c(-c2ccccc2)nc2sc3cc(Br)ccc3n12)c1ccccc1. The number of benzene rings is 3. The first-order chi connectivity index (χ1) is 14.1. The lowest BCUT2D eigenvalue weighted by molar-refractivity contribution is 0.0814. The number of halogens is 1.